The second-order valence-electron chi connectivity index (χ2n) is 5.42. The summed E-state index contributed by atoms with van der Waals surface area (Å²) in [5.74, 6) is -0.272. The van der Waals surface area contributed by atoms with E-state index in [0.29, 0.717) is 5.56 Å². The number of benzene rings is 2. The maximum absolute atomic E-state index is 12.9. The largest absolute Gasteiger partial charge is 0.293 e. The second-order valence-corrected chi connectivity index (χ2v) is 6.83. The third kappa shape index (κ3) is 3.18. The Kier molecular flexibility index (Phi) is 4.11. The van der Waals surface area contributed by atoms with Crippen LogP contribution < -0.4 is 0 Å². The van der Waals surface area contributed by atoms with Crippen LogP contribution in [0.5, 0.6) is 0 Å². The molecule has 0 amide bonds. The minimum Gasteiger partial charge on any atom is -0.293 e. The molecule has 3 heteroatoms. The number of Topliss-reactive ketones (excluding diaryl/α,β-unsaturated/α-hetero) is 1. The van der Waals surface area contributed by atoms with Crippen molar-refractivity contribution >= 4 is 17.5 Å². The smallest absolute Gasteiger partial charge is 0.175 e. The lowest BCUT2D eigenvalue weighted by Gasteiger charge is -2.11. The molecule has 1 nitrogen and oxygen atoms in total. The fourth-order valence-electron chi connectivity index (χ4n) is 2.73. The van der Waals surface area contributed by atoms with E-state index in [1.54, 1.807) is 23.9 Å². The minimum atomic E-state index is -0.314. The molecule has 108 valence electrons. The van der Waals surface area contributed by atoms with E-state index in [-0.39, 0.29) is 16.9 Å². The van der Waals surface area contributed by atoms with Crippen LogP contribution in [0.25, 0.3) is 0 Å². The van der Waals surface area contributed by atoms with Crippen molar-refractivity contribution in [3.63, 3.8) is 0 Å². The van der Waals surface area contributed by atoms with Crippen molar-refractivity contribution in [1.82, 2.24) is 0 Å². The number of carbonyl (C=O) groups excluding carboxylic acids is 1. The Hall–Kier alpha value is -1.61. The number of aryl methyl sites for hydroxylation is 2. The van der Waals surface area contributed by atoms with Crippen molar-refractivity contribution in [3.8, 4) is 0 Å². The van der Waals surface area contributed by atoms with Crippen LogP contribution in [0, 0.1) is 5.82 Å². The van der Waals surface area contributed by atoms with E-state index in [2.05, 4.69) is 18.2 Å². The highest BCUT2D eigenvalue weighted by molar-refractivity contribution is 8.00. The van der Waals surface area contributed by atoms with Gasteiger partial charge >= 0.3 is 0 Å². The molecule has 0 N–H and O–H groups in total. The Balaban J connectivity index is 1.72. The highest BCUT2D eigenvalue weighted by atomic mass is 32.2. The Morgan fingerprint density at radius 1 is 1.10 bits per heavy atom. The Labute approximate surface area is 128 Å². The van der Waals surface area contributed by atoms with Gasteiger partial charge in [0, 0.05) is 10.5 Å². The highest BCUT2D eigenvalue weighted by Crippen LogP contribution is 2.30. The summed E-state index contributed by atoms with van der Waals surface area (Å²) in [5, 5.41) is -0.171. The summed E-state index contributed by atoms with van der Waals surface area (Å²) in [6.45, 7) is 1.91. The van der Waals surface area contributed by atoms with Crippen LogP contribution in [0.2, 0.25) is 0 Å². The molecule has 1 aliphatic rings. The van der Waals surface area contributed by atoms with Crippen molar-refractivity contribution in [3.05, 3.63) is 65.0 Å². The molecule has 0 heterocycles. The molecule has 21 heavy (non-hydrogen) atoms. The number of carbonyl (C=O) groups is 1. The van der Waals surface area contributed by atoms with Gasteiger partial charge in [0.15, 0.2) is 5.78 Å². The molecule has 0 radical (unpaired) electrons. The number of hydrogen-bond acceptors (Lipinski definition) is 2. The summed E-state index contributed by atoms with van der Waals surface area (Å²) in [7, 11) is 0. The Morgan fingerprint density at radius 3 is 2.57 bits per heavy atom. The predicted molar refractivity (Wildman–Crippen MR) is 84.5 cm³/mol. The Bertz CT molecular complexity index is 663. The van der Waals surface area contributed by atoms with Gasteiger partial charge in [0.2, 0.25) is 0 Å². The minimum absolute atomic E-state index is 0.0421. The molecular weight excluding hydrogens is 283 g/mol. The predicted octanol–water partition coefficient (Wildman–Crippen LogP) is 4.68. The topological polar surface area (TPSA) is 17.1 Å². The van der Waals surface area contributed by atoms with E-state index in [0.717, 1.165) is 11.3 Å². The molecule has 0 aliphatic heterocycles. The second kappa shape index (κ2) is 6.02. The molecular formula is C18H17FOS. The van der Waals surface area contributed by atoms with Crippen LogP contribution in [0.3, 0.4) is 0 Å². The van der Waals surface area contributed by atoms with E-state index in [4.69, 9.17) is 0 Å². The summed E-state index contributed by atoms with van der Waals surface area (Å²) in [6, 6.07) is 12.3. The third-order valence-corrected chi connectivity index (χ3v) is 4.97. The quantitative estimate of drug-likeness (QED) is 0.602. The van der Waals surface area contributed by atoms with Gasteiger partial charge in [-0.15, -0.1) is 11.8 Å². The molecule has 1 unspecified atom stereocenters. The van der Waals surface area contributed by atoms with Gasteiger partial charge in [-0.1, -0.05) is 6.07 Å². The Morgan fingerprint density at radius 2 is 1.81 bits per heavy atom. The molecule has 0 bridgehead atoms. The standard InChI is InChI=1S/C18H17FOS/c1-12(18(20)14-5-8-16(19)9-6-14)21-17-10-7-13-3-2-4-15(13)11-17/h5-12H,2-4H2,1H3. The molecule has 0 saturated heterocycles. The van der Waals surface area contributed by atoms with Crippen LogP contribution in [0.15, 0.2) is 47.4 Å². The summed E-state index contributed by atoms with van der Waals surface area (Å²) in [6.07, 6.45) is 3.54. The third-order valence-electron chi connectivity index (χ3n) is 3.88. The first-order chi connectivity index (χ1) is 10.1. The summed E-state index contributed by atoms with van der Waals surface area (Å²) >= 11 is 1.57. The van der Waals surface area contributed by atoms with E-state index < -0.39 is 0 Å². The fraction of sp³-hybridized carbons (Fsp3) is 0.278. The zero-order chi connectivity index (χ0) is 14.8. The van der Waals surface area contributed by atoms with Crippen LogP contribution in [0.4, 0.5) is 4.39 Å². The number of halogens is 1. The molecule has 3 rings (SSSR count). The SMILES string of the molecule is CC(Sc1ccc2c(c1)CCC2)C(=O)c1ccc(F)cc1. The average Bonchev–Trinajstić information content (AvgIpc) is 2.95. The first-order valence-electron chi connectivity index (χ1n) is 7.22. The van der Waals surface area contributed by atoms with E-state index in [1.807, 2.05) is 6.92 Å². The van der Waals surface area contributed by atoms with E-state index in [1.165, 1.54) is 36.1 Å². The molecule has 1 atom stereocenters. The summed E-state index contributed by atoms with van der Waals surface area (Å²) in [5.41, 5.74) is 3.43. The van der Waals surface area contributed by atoms with Crippen molar-refractivity contribution in [2.75, 3.05) is 0 Å². The van der Waals surface area contributed by atoms with Crippen molar-refractivity contribution in [2.45, 2.75) is 36.3 Å². The molecule has 2 aromatic carbocycles. The first kappa shape index (κ1) is 14.3. The zero-order valence-corrected chi connectivity index (χ0v) is 12.8. The van der Waals surface area contributed by atoms with Crippen molar-refractivity contribution in [1.29, 1.82) is 0 Å². The fourth-order valence-corrected chi connectivity index (χ4v) is 3.74. The molecule has 0 fully saturated rings. The van der Waals surface area contributed by atoms with E-state index in [9.17, 15) is 9.18 Å². The number of fused-ring (bicyclic) bond motifs is 1. The monoisotopic (exact) mass is 300 g/mol. The van der Waals surface area contributed by atoms with Crippen molar-refractivity contribution < 1.29 is 9.18 Å². The maximum atomic E-state index is 12.9. The number of thioether (sulfide) groups is 1. The summed E-state index contributed by atoms with van der Waals surface area (Å²) < 4.78 is 12.9. The lowest BCUT2D eigenvalue weighted by atomic mass is 10.1. The van der Waals surface area contributed by atoms with Gasteiger partial charge < -0.3 is 0 Å². The average molecular weight is 300 g/mol. The van der Waals surface area contributed by atoms with Gasteiger partial charge in [-0.3, -0.25) is 4.79 Å². The molecule has 0 aromatic heterocycles. The van der Waals surface area contributed by atoms with Gasteiger partial charge in [-0.2, -0.15) is 0 Å². The number of hydrogen-bond donors (Lipinski definition) is 0. The first-order valence-corrected chi connectivity index (χ1v) is 8.10. The highest BCUT2D eigenvalue weighted by Gasteiger charge is 2.18. The van der Waals surface area contributed by atoms with Gasteiger partial charge in [-0.05, 0) is 73.7 Å². The number of ketones is 1. The molecule has 0 spiro atoms. The normalized spacial score (nSPS) is 14.8. The van der Waals surface area contributed by atoms with Crippen LogP contribution >= 0.6 is 11.8 Å². The van der Waals surface area contributed by atoms with Crippen LogP contribution in [-0.4, -0.2) is 11.0 Å². The lowest BCUT2D eigenvalue weighted by molar-refractivity contribution is 0.0994. The van der Waals surface area contributed by atoms with Crippen LogP contribution in [0.1, 0.15) is 34.8 Å². The zero-order valence-electron chi connectivity index (χ0n) is 11.9. The van der Waals surface area contributed by atoms with Gasteiger partial charge in [-0.25, -0.2) is 4.39 Å². The molecule has 1 aliphatic carbocycles. The maximum Gasteiger partial charge on any atom is 0.175 e. The van der Waals surface area contributed by atoms with Gasteiger partial charge in [0.1, 0.15) is 5.82 Å². The number of rotatable bonds is 4. The van der Waals surface area contributed by atoms with Gasteiger partial charge in [0.25, 0.3) is 0 Å². The van der Waals surface area contributed by atoms with E-state index >= 15 is 0 Å². The summed E-state index contributed by atoms with van der Waals surface area (Å²) in [4.78, 5) is 13.5. The van der Waals surface area contributed by atoms with Crippen LogP contribution in [-0.2, 0) is 12.8 Å². The van der Waals surface area contributed by atoms with Crippen molar-refractivity contribution in [2.24, 2.45) is 0 Å². The molecule has 2 aromatic rings. The molecule has 0 saturated carbocycles. The lowest BCUT2D eigenvalue weighted by Crippen LogP contribution is -2.13. The van der Waals surface area contributed by atoms with Gasteiger partial charge in [0.05, 0.1) is 5.25 Å².